The van der Waals surface area contributed by atoms with Gasteiger partial charge in [0.05, 0.1) is 0 Å². The lowest BCUT2D eigenvalue weighted by atomic mass is 9.96. The van der Waals surface area contributed by atoms with E-state index in [0.29, 0.717) is 11.5 Å². The molecular weight excluding hydrogens is 372 g/mol. The molecule has 30 heavy (non-hydrogen) atoms. The Hall–Kier alpha value is -3.85. The zero-order valence-electron chi connectivity index (χ0n) is 16.8. The Morgan fingerprint density at radius 2 is 1.20 bits per heavy atom. The maximum atomic E-state index is 12.9. The van der Waals surface area contributed by atoms with Gasteiger partial charge in [-0.2, -0.15) is 0 Å². The average Bonchev–Trinajstić information content (AvgIpc) is 2.74. The topological polar surface area (TPSA) is 35.5 Å². The molecule has 0 fully saturated rings. The lowest BCUT2D eigenvalue weighted by Gasteiger charge is -2.15. The maximum absolute atomic E-state index is 12.9. The molecule has 0 radical (unpaired) electrons. The normalized spacial score (nSPS) is 11.1. The Morgan fingerprint density at radius 1 is 0.633 bits per heavy atom. The van der Waals surface area contributed by atoms with Crippen LogP contribution in [0.3, 0.4) is 0 Å². The molecule has 146 valence electrons. The van der Waals surface area contributed by atoms with Crippen molar-refractivity contribution in [3.8, 4) is 11.5 Å². The monoisotopic (exact) mass is 392 g/mol. The Bertz CT molecular complexity index is 1370. The Kier molecular flexibility index (Phi) is 4.36. The molecule has 0 aliphatic carbocycles. The minimum absolute atomic E-state index is 0.482. The summed E-state index contributed by atoms with van der Waals surface area (Å²) < 4.78 is 11.5. The number of carbonyl (C=O) groups is 1. The molecule has 0 heterocycles. The summed E-state index contributed by atoms with van der Waals surface area (Å²) in [5, 5.41) is 5.78. The van der Waals surface area contributed by atoms with E-state index in [1.54, 1.807) is 6.07 Å². The summed E-state index contributed by atoms with van der Waals surface area (Å²) in [7, 11) is 0. The van der Waals surface area contributed by atoms with Gasteiger partial charge in [-0.3, -0.25) is 0 Å². The minimum atomic E-state index is -0.744. The Morgan fingerprint density at radius 3 is 1.90 bits per heavy atom. The van der Waals surface area contributed by atoms with E-state index in [0.717, 1.165) is 43.4 Å². The third-order valence-corrected chi connectivity index (χ3v) is 5.50. The predicted molar refractivity (Wildman–Crippen MR) is 122 cm³/mol. The SMILES string of the molecule is Cc1cccc2cc3cccc(C)c3c(OC(=O)Oc3cccc4ccccc34)c12. The molecule has 0 aliphatic heterocycles. The van der Waals surface area contributed by atoms with Crippen molar-refractivity contribution in [1.29, 1.82) is 0 Å². The number of hydrogen-bond donors (Lipinski definition) is 0. The van der Waals surface area contributed by atoms with Gasteiger partial charge in [-0.15, -0.1) is 0 Å². The van der Waals surface area contributed by atoms with E-state index >= 15 is 0 Å². The van der Waals surface area contributed by atoms with Crippen molar-refractivity contribution >= 4 is 38.5 Å². The van der Waals surface area contributed by atoms with Crippen LogP contribution < -0.4 is 9.47 Å². The number of ether oxygens (including phenoxy) is 2. The van der Waals surface area contributed by atoms with Crippen LogP contribution in [-0.2, 0) is 0 Å². The van der Waals surface area contributed by atoms with Crippen molar-refractivity contribution in [2.24, 2.45) is 0 Å². The second-order valence-corrected chi connectivity index (χ2v) is 7.48. The van der Waals surface area contributed by atoms with E-state index in [1.165, 1.54) is 0 Å². The summed E-state index contributed by atoms with van der Waals surface area (Å²) in [5.74, 6) is 1.03. The van der Waals surface area contributed by atoms with Crippen LogP contribution in [-0.4, -0.2) is 6.16 Å². The molecule has 5 aromatic rings. The quantitative estimate of drug-likeness (QED) is 0.179. The molecule has 0 saturated heterocycles. The zero-order valence-corrected chi connectivity index (χ0v) is 16.8. The third kappa shape index (κ3) is 3.05. The molecule has 0 bridgehead atoms. The highest BCUT2D eigenvalue weighted by atomic mass is 16.7. The second kappa shape index (κ2) is 7.20. The van der Waals surface area contributed by atoms with Gasteiger partial charge in [0.15, 0.2) is 5.75 Å². The molecule has 0 amide bonds. The van der Waals surface area contributed by atoms with Gasteiger partial charge in [0.2, 0.25) is 0 Å². The fourth-order valence-corrected chi connectivity index (χ4v) is 4.12. The highest BCUT2D eigenvalue weighted by Gasteiger charge is 2.18. The largest absolute Gasteiger partial charge is 0.519 e. The molecule has 0 atom stereocenters. The van der Waals surface area contributed by atoms with E-state index in [9.17, 15) is 4.79 Å². The Labute approximate surface area is 174 Å². The fraction of sp³-hybridized carbons (Fsp3) is 0.0741. The average molecular weight is 392 g/mol. The Balaban J connectivity index is 1.62. The molecule has 0 N–H and O–H groups in total. The smallest absolute Gasteiger partial charge is 0.394 e. The first-order chi connectivity index (χ1) is 14.6. The van der Waals surface area contributed by atoms with Crippen LogP contribution in [0.4, 0.5) is 4.79 Å². The van der Waals surface area contributed by atoms with E-state index in [2.05, 4.69) is 6.07 Å². The zero-order chi connectivity index (χ0) is 20.7. The highest BCUT2D eigenvalue weighted by molar-refractivity contribution is 6.08. The number of hydrogen-bond acceptors (Lipinski definition) is 3. The summed E-state index contributed by atoms with van der Waals surface area (Å²) in [6, 6.07) is 27.7. The van der Waals surface area contributed by atoms with Crippen molar-refractivity contribution in [3.63, 3.8) is 0 Å². The number of benzene rings is 5. The van der Waals surface area contributed by atoms with E-state index in [-0.39, 0.29) is 0 Å². The van der Waals surface area contributed by atoms with Gasteiger partial charge in [-0.1, -0.05) is 72.8 Å². The molecule has 0 aromatic heterocycles. The molecule has 3 heteroatoms. The summed E-state index contributed by atoms with van der Waals surface area (Å²) in [6.07, 6.45) is -0.744. The van der Waals surface area contributed by atoms with Gasteiger partial charge in [-0.25, -0.2) is 4.79 Å². The van der Waals surface area contributed by atoms with Crippen molar-refractivity contribution < 1.29 is 14.3 Å². The van der Waals surface area contributed by atoms with Crippen molar-refractivity contribution in [3.05, 3.63) is 96.1 Å². The first-order valence-corrected chi connectivity index (χ1v) is 9.91. The van der Waals surface area contributed by atoms with Crippen LogP contribution in [0.5, 0.6) is 11.5 Å². The number of rotatable bonds is 2. The minimum Gasteiger partial charge on any atom is -0.394 e. The predicted octanol–water partition coefficient (Wildman–Crippen LogP) is 7.34. The molecule has 5 rings (SSSR count). The van der Waals surface area contributed by atoms with E-state index in [1.807, 2.05) is 86.6 Å². The molecule has 3 nitrogen and oxygen atoms in total. The third-order valence-electron chi connectivity index (χ3n) is 5.50. The van der Waals surface area contributed by atoms with Crippen LogP contribution in [0.2, 0.25) is 0 Å². The lowest BCUT2D eigenvalue weighted by molar-refractivity contribution is 0.153. The van der Waals surface area contributed by atoms with Gasteiger partial charge >= 0.3 is 6.16 Å². The number of aryl methyl sites for hydroxylation is 2. The summed E-state index contributed by atoms with van der Waals surface area (Å²) in [5.41, 5.74) is 2.09. The lowest BCUT2D eigenvalue weighted by Crippen LogP contribution is -2.14. The number of carbonyl (C=O) groups excluding carboxylic acids is 1. The number of fused-ring (bicyclic) bond motifs is 3. The first-order valence-electron chi connectivity index (χ1n) is 9.91. The molecule has 0 spiro atoms. The van der Waals surface area contributed by atoms with Crippen molar-refractivity contribution in [2.45, 2.75) is 13.8 Å². The second-order valence-electron chi connectivity index (χ2n) is 7.48. The van der Waals surface area contributed by atoms with E-state index < -0.39 is 6.16 Å². The van der Waals surface area contributed by atoms with Gasteiger partial charge < -0.3 is 9.47 Å². The summed E-state index contributed by atoms with van der Waals surface area (Å²) >= 11 is 0. The highest BCUT2D eigenvalue weighted by Crippen LogP contribution is 2.39. The first kappa shape index (κ1) is 18.2. The van der Waals surface area contributed by atoms with Crippen LogP contribution in [0, 0.1) is 13.8 Å². The summed E-state index contributed by atoms with van der Waals surface area (Å²) in [4.78, 5) is 12.9. The standard InChI is InChI=1S/C27H20O3/c1-17-8-5-12-20-16-21-13-6-9-18(2)25(21)26(24(17)20)30-27(28)29-23-15-7-11-19-10-3-4-14-22(19)23/h3-16H,1-2H3. The maximum Gasteiger partial charge on any atom is 0.519 e. The van der Waals surface area contributed by atoms with Crippen LogP contribution in [0.1, 0.15) is 11.1 Å². The molecule has 0 unspecified atom stereocenters. The van der Waals surface area contributed by atoms with Crippen molar-refractivity contribution in [2.75, 3.05) is 0 Å². The van der Waals surface area contributed by atoms with Crippen LogP contribution >= 0.6 is 0 Å². The molecule has 5 aromatic carbocycles. The van der Waals surface area contributed by atoms with Gasteiger partial charge in [0.1, 0.15) is 5.75 Å². The van der Waals surface area contributed by atoms with Crippen LogP contribution in [0.15, 0.2) is 84.9 Å². The molecule has 0 aliphatic rings. The van der Waals surface area contributed by atoms with Crippen molar-refractivity contribution in [1.82, 2.24) is 0 Å². The van der Waals surface area contributed by atoms with Gasteiger partial charge in [0, 0.05) is 16.2 Å². The summed E-state index contributed by atoms with van der Waals surface area (Å²) in [6.45, 7) is 4.05. The fourth-order valence-electron chi connectivity index (χ4n) is 4.12. The molecule has 0 saturated carbocycles. The van der Waals surface area contributed by atoms with Gasteiger partial charge in [-0.05, 0) is 53.3 Å². The van der Waals surface area contributed by atoms with Gasteiger partial charge in [0.25, 0.3) is 0 Å². The van der Waals surface area contributed by atoms with Crippen LogP contribution in [0.25, 0.3) is 32.3 Å². The van der Waals surface area contributed by atoms with E-state index in [4.69, 9.17) is 9.47 Å². The molecular formula is C27H20O3.